The Balaban J connectivity index is 0. The maximum atomic E-state index is 9.60. The number of aliphatic carboxylic acids is 1. The molecule has 11 heavy (non-hydrogen) atoms. The lowest BCUT2D eigenvalue weighted by Crippen LogP contribution is -2.17. The third-order valence-corrected chi connectivity index (χ3v) is 0.453. The predicted octanol–water partition coefficient (Wildman–Crippen LogP) is -0.976. The van der Waals surface area contributed by atoms with E-state index in [0.29, 0.717) is 6.61 Å². The van der Waals surface area contributed by atoms with Crippen molar-refractivity contribution in [2.24, 2.45) is 5.73 Å². The number of carboxylic acids is 1. The minimum Gasteiger partial charge on any atom is -0.545 e. The first kappa shape index (κ1) is 12.2. The summed E-state index contributed by atoms with van der Waals surface area (Å²) in [5.74, 6) is -1.23. The van der Waals surface area contributed by atoms with Gasteiger partial charge < -0.3 is 20.4 Å². The zero-order chi connectivity index (χ0) is 9.28. The van der Waals surface area contributed by atoms with Gasteiger partial charge in [0.05, 0.1) is 12.6 Å². The van der Waals surface area contributed by atoms with Crippen LogP contribution in [0.1, 0.15) is 6.92 Å². The number of hydrogen-bond acceptors (Lipinski definition) is 4. The van der Waals surface area contributed by atoms with E-state index in [1.165, 1.54) is 0 Å². The molecule has 1 amide bonds. The lowest BCUT2D eigenvalue weighted by molar-refractivity contribution is -0.297. The molecule has 0 fully saturated rings. The number of carbonyl (C=O) groups is 2. The number of nitrogens with two attached hydrogens (primary N) is 1. The fraction of sp³-hybridized carbons (Fsp3) is 0.333. The van der Waals surface area contributed by atoms with Crippen molar-refractivity contribution in [1.82, 2.24) is 0 Å². The predicted molar refractivity (Wildman–Crippen MR) is 36.4 cm³/mol. The van der Waals surface area contributed by atoms with E-state index in [0.717, 1.165) is 6.08 Å². The van der Waals surface area contributed by atoms with Gasteiger partial charge in [-0.1, -0.05) is 6.58 Å². The van der Waals surface area contributed by atoms with E-state index >= 15 is 0 Å². The fourth-order valence-corrected chi connectivity index (χ4v) is 0.142. The summed E-state index contributed by atoms with van der Waals surface area (Å²) in [6.45, 7) is 4.95. The molecule has 0 bridgehead atoms. The van der Waals surface area contributed by atoms with Crippen molar-refractivity contribution in [2.45, 2.75) is 6.92 Å². The number of amides is 1. The van der Waals surface area contributed by atoms with Crippen molar-refractivity contribution in [3.63, 3.8) is 0 Å². The third-order valence-electron chi connectivity index (χ3n) is 0.453. The van der Waals surface area contributed by atoms with Gasteiger partial charge in [0.25, 0.3) is 0 Å². The first-order chi connectivity index (χ1) is 5.04. The summed E-state index contributed by atoms with van der Waals surface area (Å²) < 4.78 is 4.18. The number of primary amides is 1. The smallest absolute Gasteiger partial charge is 0.404 e. The molecule has 5 nitrogen and oxygen atoms in total. The Bertz CT molecular complexity index is 144. The molecule has 0 heterocycles. The van der Waals surface area contributed by atoms with E-state index in [4.69, 9.17) is 9.90 Å². The Kier molecular flexibility index (Phi) is 9.39. The number of hydrogen-bond donors (Lipinski definition) is 1. The molecule has 0 aliphatic rings. The molecule has 0 aromatic carbocycles. The van der Waals surface area contributed by atoms with Gasteiger partial charge in [0, 0.05) is 0 Å². The van der Waals surface area contributed by atoms with Gasteiger partial charge in [0.1, 0.15) is 0 Å². The van der Waals surface area contributed by atoms with Crippen LogP contribution in [0, 0.1) is 0 Å². The summed E-state index contributed by atoms with van der Waals surface area (Å²) in [6.07, 6.45) is 0.0116. The van der Waals surface area contributed by atoms with Gasteiger partial charge in [-0.25, -0.2) is 4.79 Å². The zero-order valence-electron chi connectivity index (χ0n) is 6.20. The Morgan fingerprint density at radius 3 is 2.09 bits per heavy atom. The van der Waals surface area contributed by atoms with Crippen LogP contribution in [0.4, 0.5) is 4.79 Å². The summed E-state index contributed by atoms with van der Waals surface area (Å²) in [4.78, 5) is 18.7. The van der Waals surface area contributed by atoms with Crippen molar-refractivity contribution >= 4 is 12.1 Å². The van der Waals surface area contributed by atoms with Gasteiger partial charge in [0.15, 0.2) is 0 Å². The van der Waals surface area contributed by atoms with Crippen LogP contribution in [0.15, 0.2) is 12.7 Å². The van der Waals surface area contributed by atoms with E-state index in [2.05, 4.69) is 17.0 Å². The van der Waals surface area contributed by atoms with Gasteiger partial charge in [0.2, 0.25) is 0 Å². The number of carboxylic acid groups (broad SMARTS) is 1. The lowest BCUT2D eigenvalue weighted by atomic mass is 10.7. The molecule has 64 valence electrons. The standard InChI is InChI=1S/C3H7NO2.C3H4O2/c1-2-6-3(4)5;1-2-3(4)5/h2H2,1H3,(H2,4,5);2H,1H2,(H,4,5)/p-1. The first-order valence-corrected chi connectivity index (χ1v) is 2.80. The molecule has 0 spiro atoms. The highest BCUT2D eigenvalue weighted by atomic mass is 16.5. The third kappa shape index (κ3) is 29.4. The maximum Gasteiger partial charge on any atom is 0.404 e. The molecule has 0 aromatic heterocycles. The highest BCUT2D eigenvalue weighted by molar-refractivity contribution is 5.76. The van der Waals surface area contributed by atoms with E-state index in [9.17, 15) is 4.79 Å². The molecule has 0 aromatic rings. The monoisotopic (exact) mass is 160 g/mol. The minimum atomic E-state index is -1.23. The maximum absolute atomic E-state index is 9.60. The topological polar surface area (TPSA) is 92.4 Å². The largest absolute Gasteiger partial charge is 0.545 e. The van der Waals surface area contributed by atoms with Crippen molar-refractivity contribution in [3.8, 4) is 0 Å². The number of rotatable bonds is 2. The van der Waals surface area contributed by atoms with Gasteiger partial charge in [-0.15, -0.1) is 0 Å². The van der Waals surface area contributed by atoms with Crippen LogP contribution in [0.3, 0.4) is 0 Å². The van der Waals surface area contributed by atoms with Crippen LogP contribution in [-0.2, 0) is 9.53 Å². The summed E-state index contributed by atoms with van der Waals surface area (Å²) in [6, 6.07) is 0. The summed E-state index contributed by atoms with van der Waals surface area (Å²) in [7, 11) is 0. The highest BCUT2D eigenvalue weighted by Gasteiger charge is 1.82. The molecule has 2 N–H and O–H groups in total. The van der Waals surface area contributed by atoms with Gasteiger partial charge >= 0.3 is 6.09 Å². The van der Waals surface area contributed by atoms with Gasteiger partial charge in [-0.3, -0.25) is 0 Å². The summed E-state index contributed by atoms with van der Waals surface area (Å²) in [5, 5.41) is 9.14. The molecule has 0 radical (unpaired) electrons. The van der Waals surface area contributed by atoms with Crippen LogP contribution in [-0.4, -0.2) is 18.7 Å². The van der Waals surface area contributed by atoms with Gasteiger partial charge in [-0.05, 0) is 13.0 Å². The van der Waals surface area contributed by atoms with Crippen molar-refractivity contribution < 1.29 is 19.4 Å². The van der Waals surface area contributed by atoms with Crippen LogP contribution in [0.2, 0.25) is 0 Å². The second-order valence-electron chi connectivity index (χ2n) is 1.28. The van der Waals surface area contributed by atoms with E-state index < -0.39 is 12.1 Å². The van der Waals surface area contributed by atoms with Gasteiger partial charge in [-0.2, -0.15) is 0 Å². The van der Waals surface area contributed by atoms with E-state index in [1.807, 2.05) is 0 Å². The summed E-state index contributed by atoms with van der Waals surface area (Å²) in [5.41, 5.74) is 4.54. The van der Waals surface area contributed by atoms with Crippen molar-refractivity contribution in [3.05, 3.63) is 12.7 Å². The Morgan fingerprint density at radius 2 is 2.09 bits per heavy atom. The molecular weight excluding hydrogens is 150 g/mol. The summed E-state index contributed by atoms with van der Waals surface area (Å²) >= 11 is 0. The molecule has 0 saturated carbocycles. The Labute approximate surface area is 64.5 Å². The fourth-order valence-electron chi connectivity index (χ4n) is 0.142. The Morgan fingerprint density at radius 1 is 1.73 bits per heavy atom. The lowest BCUT2D eigenvalue weighted by Gasteiger charge is -1.89. The second kappa shape index (κ2) is 8.48. The SMILES string of the molecule is C=CC(=O)[O-].CCOC(N)=O. The average molecular weight is 160 g/mol. The molecule has 5 heteroatoms. The van der Waals surface area contributed by atoms with Crippen LogP contribution in [0.25, 0.3) is 0 Å². The molecule has 0 aliphatic heterocycles. The molecule has 0 saturated heterocycles. The van der Waals surface area contributed by atoms with Crippen molar-refractivity contribution in [2.75, 3.05) is 6.61 Å². The average Bonchev–Trinajstić information content (AvgIpc) is 1.89. The minimum absolute atomic E-state index is 0.356. The molecular formula is C6H10NO4-. The normalized spacial score (nSPS) is 7.00. The molecule has 0 aliphatic carbocycles. The van der Waals surface area contributed by atoms with E-state index in [-0.39, 0.29) is 0 Å². The molecule has 0 unspecified atom stereocenters. The van der Waals surface area contributed by atoms with E-state index in [1.54, 1.807) is 6.92 Å². The molecule has 0 atom stereocenters. The Hall–Kier alpha value is -1.52. The van der Waals surface area contributed by atoms with Crippen molar-refractivity contribution in [1.29, 1.82) is 0 Å². The van der Waals surface area contributed by atoms with Crippen LogP contribution >= 0.6 is 0 Å². The first-order valence-electron chi connectivity index (χ1n) is 2.80. The number of carbonyl (C=O) groups excluding carboxylic acids is 2. The quantitative estimate of drug-likeness (QED) is 0.525. The molecule has 0 rings (SSSR count). The number of ether oxygens (including phenoxy) is 1. The van der Waals surface area contributed by atoms with Crippen LogP contribution < -0.4 is 10.8 Å². The zero-order valence-corrected chi connectivity index (χ0v) is 6.20. The highest BCUT2D eigenvalue weighted by Crippen LogP contribution is 1.66. The second-order valence-corrected chi connectivity index (χ2v) is 1.28. The van der Waals surface area contributed by atoms with Crippen LogP contribution in [0.5, 0.6) is 0 Å².